The van der Waals surface area contributed by atoms with Crippen LogP contribution in [-0.4, -0.2) is 37.1 Å². The number of hydrogen-bond acceptors (Lipinski definition) is 3. The summed E-state index contributed by atoms with van der Waals surface area (Å²) in [4.78, 5) is 5.26. The second-order valence-corrected chi connectivity index (χ2v) is 6.72. The van der Waals surface area contributed by atoms with Gasteiger partial charge in [0.25, 0.3) is 0 Å². The Kier molecular flexibility index (Phi) is 4.81. The normalized spacial score (nSPS) is 27.8. The van der Waals surface area contributed by atoms with Gasteiger partial charge in [-0.3, -0.25) is 4.90 Å². The first-order valence-electron chi connectivity index (χ1n) is 8.56. The third-order valence-corrected chi connectivity index (χ3v) is 5.39. The first-order valence-corrected chi connectivity index (χ1v) is 8.56. The van der Waals surface area contributed by atoms with Gasteiger partial charge in [-0.05, 0) is 36.5 Å². The molecule has 3 heteroatoms. The molecule has 0 spiro atoms. The predicted molar refractivity (Wildman–Crippen MR) is 89.5 cm³/mol. The summed E-state index contributed by atoms with van der Waals surface area (Å²) in [7, 11) is 0. The Balaban J connectivity index is 1.56. The molecule has 1 saturated carbocycles. The maximum atomic E-state index is 5.67. The van der Waals surface area contributed by atoms with Gasteiger partial charge < -0.3 is 10.6 Å². The van der Waals surface area contributed by atoms with Gasteiger partial charge in [0.2, 0.25) is 0 Å². The molecule has 2 fully saturated rings. The highest BCUT2D eigenvalue weighted by molar-refractivity contribution is 5.48. The van der Waals surface area contributed by atoms with Crippen LogP contribution in [0.5, 0.6) is 0 Å². The maximum Gasteiger partial charge on any atom is 0.0367 e. The summed E-state index contributed by atoms with van der Waals surface area (Å²) in [5.41, 5.74) is 8.24. The number of nitrogens with zero attached hydrogens (tertiary/aromatic N) is 2. The number of piperazine rings is 1. The van der Waals surface area contributed by atoms with Crippen molar-refractivity contribution >= 4 is 5.69 Å². The Hall–Kier alpha value is -1.06. The smallest absolute Gasteiger partial charge is 0.0367 e. The van der Waals surface area contributed by atoms with Gasteiger partial charge in [-0.15, -0.1) is 0 Å². The minimum Gasteiger partial charge on any atom is -0.369 e. The fraction of sp³-hybridized carbons (Fsp3) is 0.667. The van der Waals surface area contributed by atoms with Crippen LogP contribution >= 0.6 is 0 Å². The van der Waals surface area contributed by atoms with Crippen LogP contribution in [0.4, 0.5) is 5.69 Å². The van der Waals surface area contributed by atoms with Crippen molar-refractivity contribution < 1.29 is 0 Å². The van der Waals surface area contributed by atoms with E-state index in [1.807, 2.05) is 0 Å². The molecular weight excluding hydrogens is 258 g/mol. The van der Waals surface area contributed by atoms with Gasteiger partial charge in [0, 0.05) is 44.5 Å². The zero-order chi connectivity index (χ0) is 14.7. The molecule has 1 aliphatic heterocycles. The molecule has 116 valence electrons. The Bertz CT molecular complexity index is 434. The molecule has 2 unspecified atom stereocenters. The first kappa shape index (κ1) is 14.9. The molecule has 1 heterocycles. The number of benzene rings is 1. The lowest BCUT2D eigenvalue weighted by molar-refractivity contribution is 0.106. The SMILES string of the molecule is CC1CCCCC1N1CCN(c2ccc(CN)cc2)CC1. The molecule has 2 aliphatic rings. The molecule has 3 rings (SSSR count). The standard InChI is InChI=1S/C18H29N3/c1-15-4-2-3-5-18(15)21-12-10-20(11-13-21)17-8-6-16(14-19)7-9-17/h6-9,15,18H,2-5,10-14,19H2,1H3. The molecule has 0 aromatic heterocycles. The molecule has 0 bridgehead atoms. The van der Waals surface area contributed by atoms with Gasteiger partial charge in [-0.2, -0.15) is 0 Å². The van der Waals surface area contributed by atoms with Gasteiger partial charge in [-0.25, -0.2) is 0 Å². The fourth-order valence-electron chi connectivity index (χ4n) is 3.99. The number of anilines is 1. The summed E-state index contributed by atoms with van der Waals surface area (Å²) in [6.45, 7) is 7.83. The zero-order valence-corrected chi connectivity index (χ0v) is 13.3. The van der Waals surface area contributed by atoms with Crippen molar-refractivity contribution in [2.24, 2.45) is 11.7 Å². The topological polar surface area (TPSA) is 32.5 Å². The minimum absolute atomic E-state index is 0.633. The lowest BCUT2D eigenvalue weighted by atomic mass is 9.84. The van der Waals surface area contributed by atoms with Crippen molar-refractivity contribution in [2.45, 2.75) is 45.2 Å². The van der Waals surface area contributed by atoms with E-state index >= 15 is 0 Å². The Morgan fingerprint density at radius 2 is 1.67 bits per heavy atom. The first-order chi connectivity index (χ1) is 10.3. The highest BCUT2D eigenvalue weighted by atomic mass is 15.3. The highest BCUT2D eigenvalue weighted by Crippen LogP contribution is 2.29. The predicted octanol–water partition coefficient (Wildman–Crippen LogP) is 2.85. The second-order valence-electron chi connectivity index (χ2n) is 6.72. The Morgan fingerprint density at radius 3 is 2.29 bits per heavy atom. The molecule has 2 N–H and O–H groups in total. The summed E-state index contributed by atoms with van der Waals surface area (Å²) in [6.07, 6.45) is 5.69. The van der Waals surface area contributed by atoms with E-state index in [1.165, 1.54) is 50.0 Å². The van der Waals surface area contributed by atoms with E-state index in [0.29, 0.717) is 6.54 Å². The zero-order valence-electron chi connectivity index (χ0n) is 13.3. The number of rotatable bonds is 3. The third kappa shape index (κ3) is 3.41. The molecule has 3 nitrogen and oxygen atoms in total. The monoisotopic (exact) mass is 287 g/mol. The second kappa shape index (κ2) is 6.80. The van der Waals surface area contributed by atoms with Crippen LogP contribution in [-0.2, 0) is 6.54 Å². The summed E-state index contributed by atoms with van der Waals surface area (Å²) in [6, 6.07) is 9.60. The average Bonchev–Trinajstić information content (AvgIpc) is 2.56. The van der Waals surface area contributed by atoms with Gasteiger partial charge in [0.05, 0.1) is 0 Å². The van der Waals surface area contributed by atoms with Crippen molar-refractivity contribution in [3.05, 3.63) is 29.8 Å². The summed E-state index contributed by atoms with van der Waals surface area (Å²) < 4.78 is 0. The number of nitrogens with two attached hydrogens (primary N) is 1. The van der Waals surface area contributed by atoms with Crippen LogP contribution in [0.15, 0.2) is 24.3 Å². The van der Waals surface area contributed by atoms with Crippen LogP contribution in [0.2, 0.25) is 0 Å². The van der Waals surface area contributed by atoms with Gasteiger partial charge >= 0.3 is 0 Å². The molecule has 0 amide bonds. The molecule has 1 aromatic rings. The molecule has 21 heavy (non-hydrogen) atoms. The van der Waals surface area contributed by atoms with Crippen molar-refractivity contribution in [3.8, 4) is 0 Å². The van der Waals surface area contributed by atoms with Gasteiger partial charge in [0.15, 0.2) is 0 Å². The average molecular weight is 287 g/mol. The van der Waals surface area contributed by atoms with Crippen molar-refractivity contribution in [1.82, 2.24) is 4.90 Å². The van der Waals surface area contributed by atoms with Crippen molar-refractivity contribution in [1.29, 1.82) is 0 Å². The maximum absolute atomic E-state index is 5.67. The van der Waals surface area contributed by atoms with E-state index in [9.17, 15) is 0 Å². The van der Waals surface area contributed by atoms with E-state index in [4.69, 9.17) is 5.73 Å². The Morgan fingerprint density at radius 1 is 1.00 bits per heavy atom. The molecule has 2 atom stereocenters. The van der Waals surface area contributed by atoms with E-state index in [2.05, 4.69) is 41.0 Å². The van der Waals surface area contributed by atoms with Crippen LogP contribution in [0, 0.1) is 5.92 Å². The van der Waals surface area contributed by atoms with E-state index < -0.39 is 0 Å². The van der Waals surface area contributed by atoms with Crippen LogP contribution in [0.3, 0.4) is 0 Å². The Labute approximate surface area is 129 Å². The molecule has 0 radical (unpaired) electrons. The largest absolute Gasteiger partial charge is 0.369 e. The minimum atomic E-state index is 0.633. The summed E-state index contributed by atoms with van der Waals surface area (Å²) in [5, 5.41) is 0. The van der Waals surface area contributed by atoms with Gasteiger partial charge in [0.1, 0.15) is 0 Å². The lowest BCUT2D eigenvalue weighted by Gasteiger charge is -2.44. The quantitative estimate of drug-likeness (QED) is 0.928. The van der Waals surface area contributed by atoms with E-state index in [0.717, 1.165) is 25.0 Å². The summed E-state index contributed by atoms with van der Waals surface area (Å²) >= 11 is 0. The molecule has 1 aromatic carbocycles. The fourth-order valence-corrected chi connectivity index (χ4v) is 3.99. The third-order valence-electron chi connectivity index (χ3n) is 5.39. The van der Waals surface area contributed by atoms with Crippen molar-refractivity contribution in [2.75, 3.05) is 31.1 Å². The highest BCUT2D eigenvalue weighted by Gasteiger charge is 2.29. The van der Waals surface area contributed by atoms with E-state index in [1.54, 1.807) is 0 Å². The van der Waals surface area contributed by atoms with Crippen LogP contribution in [0.25, 0.3) is 0 Å². The molecule has 1 saturated heterocycles. The number of hydrogen-bond donors (Lipinski definition) is 1. The van der Waals surface area contributed by atoms with E-state index in [-0.39, 0.29) is 0 Å². The van der Waals surface area contributed by atoms with Crippen LogP contribution < -0.4 is 10.6 Å². The lowest BCUT2D eigenvalue weighted by Crippen LogP contribution is -2.52. The van der Waals surface area contributed by atoms with Crippen molar-refractivity contribution in [3.63, 3.8) is 0 Å². The molecular formula is C18H29N3. The van der Waals surface area contributed by atoms with Crippen LogP contribution in [0.1, 0.15) is 38.2 Å². The molecule has 1 aliphatic carbocycles. The summed E-state index contributed by atoms with van der Waals surface area (Å²) in [5.74, 6) is 0.883. The van der Waals surface area contributed by atoms with Gasteiger partial charge in [-0.1, -0.05) is 31.9 Å².